The van der Waals surface area contributed by atoms with Crippen molar-refractivity contribution >= 4 is 40.8 Å². The number of nitrogens with zero attached hydrogens (tertiary/aromatic N) is 5. The highest BCUT2D eigenvalue weighted by atomic mass is 35.5. The minimum atomic E-state index is -2.99. The van der Waals surface area contributed by atoms with Crippen LogP contribution in [-0.4, -0.2) is 25.5 Å². The van der Waals surface area contributed by atoms with Crippen molar-refractivity contribution in [3.8, 4) is 11.3 Å². The molecule has 0 spiro atoms. The predicted octanol–water partition coefficient (Wildman–Crippen LogP) is 6.71. The summed E-state index contributed by atoms with van der Waals surface area (Å²) in [6.07, 6.45) is -1.52. The number of aromatic nitrogens is 3. The number of hydrogen-bond acceptors (Lipinski definition) is 7. The van der Waals surface area contributed by atoms with Crippen LogP contribution in [0.15, 0.2) is 68.1 Å². The maximum Gasteiger partial charge on any atom is 0.299 e. The van der Waals surface area contributed by atoms with Crippen molar-refractivity contribution in [3.63, 3.8) is 0 Å². The van der Waals surface area contributed by atoms with Crippen molar-refractivity contribution in [2.45, 2.75) is 11.6 Å². The summed E-state index contributed by atoms with van der Waals surface area (Å²) < 4.78 is 61.4. The summed E-state index contributed by atoms with van der Waals surface area (Å²) in [7, 11) is 0. The summed E-state index contributed by atoms with van der Waals surface area (Å²) in [5.41, 5.74) is -0.00774. The first-order chi connectivity index (χ1) is 17.2. The highest BCUT2D eigenvalue weighted by Crippen LogP contribution is 2.38. The minimum Gasteiger partial charge on any atom is -0.457 e. The van der Waals surface area contributed by atoms with E-state index in [0.717, 1.165) is 28.6 Å². The van der Waals surface area contributed by atoms with E-state index in [1.165, 1.54) is 24.3 Å². The summed E-state index contributed by atoms with van der Waals surface area (Å²) in [6, 6.07) is 9.82. The average Bonchev–Trinajstić information content (AvgIpc) is 3.45. The topological polar surface area (TPSA) is 99.3 Å². The predicted molar refractivity (Wildman–Crippen MR) is 123 cm³/mol. The lowest BCUT2D eigenvalue weighted by Crippen LogP contribution is -2.15. The summed E-state index contributed by atoms with van der Waals surface area (Å²) in [5.74, 6) is -1.96. The maximum absolute atomic E-state index is 14.6. The van der Waals surface area contributed by atoms with E-state index in [-0.39, 0.29) is 43.6 Å². The molecule has 0 amide bonds. The van der Waals surface area contributed by atoms with Crippen LogP contribution in [0.2, 0.25) is 5.02 Å². The van der Waals surface area contributed by atoms with Gasteiger partial charge in [-0.25, -0.2) is 17.6 Å². The highest BCUT2D eigenvalue weighted by molar-refractivity contribution is 8.04. The number of hydrogen-bond donors (Lipinski definition) is 0. The molecule has 0 atom stereocenters. The number of allylic oxidation sites excluding steroid dienone is 1. The van der Waals surface area contributed by atoms with Crippen molar-refractivity contribution in [3.05, 3.63) is 97.4 Å². The van der Waals surface area contributed by atoms with Crippen molar-refractivity contribution in [2.24, 2.45) is 5.10 Å². The van der Waals surface area contributed by atoms with Gasteiger partial charge in [-0.05, 0) is 48.2 Å². The Labute approximate surface area is 208 Å². The Morgan fingerprint density at radius 2 is 1.86 bits per heavy atom. The van der Waals surface area contributed by atoms with E-state index >= 15 is 0 Å². The van der Waals surface area contributed by atoms with Crippen molar-refractivity contribution in [1.29, 1.82) is 0 Å². The summed E-state index contributed by atoms with van der Waals surface area (Å²) in [4.78, 5) is 10.6. The number of benzene rings is 2. The molecule has 0 bridgehead atoms. The molecule has 14 heteroatoms. The first-order valence-electron chi connectivity index (χ1n) is 9.93. The molecule has 0 fully saturated rings. The normalized spacial score (nSPS) is 14.3. The third-order valence-corrected chi connectivity index (χ3v) is 6.26. The molecule has 2 aromatic heterocycles. The molecule has 4 aromatic rings. The van der Waals surface area contributed by atoms with Gasteiger partial charge in [0.1, 0.15) is 28.9 Å². The number of nitro groups is 1. The Morgan fingerprint density at radius 3 is 2.56 bits per heavy atom. The van der Waals surface area contributed by atoms with Crippen LogP contribution >= 0.6 is 23.4 Å². The zero-order valence-corrected chi connectivity index (χ0v) is 19.1. The van der Waals surface area contributed by atoms with Crippen LogP contribution in [0, 0.1) is 21.7 Å². The Kier molecular flexibility index (Phi) is 6.10. The van der Waals surface area contributed by atoms with Gasteiger partial charge in [-0.2, -0.15) is 9.78 Å². The van der Waals surface area contributed by atoms with Gasteiger partial charge in [0, 0.05) is 34.2 Å². The zero-order valence-electron chi connectivity index (χ0n) is 17.5. The fourth-order valence-electron chi connectivity index (χ4n) is 3.35. The van der Waals surface area contributed by atoms with Gasteiger partial charge in [-0.1, -0.05) is 11.6 Å². The van der Waals surface area contributed by atoms with Gasteiger partial charge in [-0.15, -0.1) is 10.2 Å². The summed E-state index contributed by atoms with van der Waals surface area (Å²) in [5, 5.41) is 22.3. The van der Waals surface area contributed by atoms with E-state index < -0.39 is 28.8 Å². The van der Waals surface area contributed by atoms with Crippen LogP contribution in [-0.2, 0) is 0 Å². The highest BCUT2D eigenvalue weighted by Gasteiger charge is 2.29. The standard InChI is InChI=1S/C22H10ClF4N5O3S/c23-15-8-11(32(33)34)2-5-13(15)17-6-3-12(35-17)9-18-19(14-4-1-10(24)7-16(14)25)30-31-21(20(26)27)28-29-22(31)36-18/h1-9,20H. The van der Waals surface area contributed by atoms with Crippen LogP contribution in [0.3, 0.4) is 0 Å². The molecule has 0 N–H and O–H groups in total. The van der Waals surface area contributed by atoms with Gasteiger partial charge in [0.2, 0.25) is 11.0 Å². The second kappa shape index (κ2) is 9.24. The molecule has 0 radical (unpaired) electrons. The lowest BCUT2D eigenvalue weighted by Gasteiger charge is -2.17. The SMILES string of the molecule is O=[N+]([O-])c1ccc(-c2ccc(C=C3Sc4nnc(C(F)F)n4N=C3c3ccc(F)cc3F)o2)c(Cl)c1. The molecule has 8 nitrogen and oxygen atoms in total. The molecular formula is C22H10ClF4N5O3S. The van der Waals surface area contributed by atoms with Crippen molar-refractivity contribution < 1.29 is 26.9 Å². The fraction of sp³-hybridized carbons (Fsp3) is 0.0455. The Morgan fingerprint density at radius 1 is 1.08 bits per heavy atom. The van der Waals surface area contributed by atoms with Crippen LogP contribution in [0.5, 0.6) is 0 Å². The van der Waals surface area contributed by atoms with Gasteiger partial charge < -0.3 is 4.42 Å². The first kappa shape index (κ1) is 23.8. The molecule has 0 saturated carbocycles. The van der Waals surface area contributed by atoms with E-state index in [4.69, 9.17) is 16.0 Å². The number of rotatable bonds is 5. The van der Waals surface area contributed by atoms with Crippen molar-refractivity contribution in [2.75, 3.05) is 0 Å². The number of non-ortho nitro benzene ring substituents is 1. The van der Waals surface area contributed by atoms with Gasteiger partial charge in [0.15, 0.2) is 0 Å². The van der Waals surface area contributed by atoms with Crippen LogP contribution in [0.4, 0.5) is 23.2 Å². The van der Waals surface area contributed by atoms with E-state index in [1.807, 2.05) is 0 Å². The molecule has 182 valence electrons. The quantitative estimate of drug-likeness (QED) is 0.160. The first-order valence-corrected chi connectivity index (χ1v) is 11.1. The van der Waals surface area contributed by atoms with Gasteiger partial charge in [0.25, 0.3) is 12.1 Å². The molecule has 3 heterocycles. The third-order valence-electron chi connectivity index (χ3n) is 4.98. The number of fused-ring (bicyclic) bond motifs is 1. The minimum absolute atomic E-state index is 0.00742. The molecular weight excluding hydrogens is 526 g/mol. The molecule has 0 aliphatic carbocycles. The smallest absolute Gasteiger partial charge is 0.299 e. The summed E-state index contributed by atoms with van der Waals surface area (Å²) >= 11 is 7.06. The zero-order chi connectivity index (χ0) is 25.6. The van der Waals surface area contributed by atoms with Crippen molar-refractivity contribution in [1.82, 2.24) is 14.9 Å². The second-order valence-electron chi connectivity index (χ2n) is 7.26. The number of alkyl halides is 2. The van der Waals surface area contributed by atoms with Gasteiger partial charge >= 0.3 is 0 Å². The largest absolute Gasteiger partial charge is 0.457 e. The lowest BCUT2D eigenvalue weighted by atomic mass is 10.1. The molecule has 5 rings (SSSR count). The monoisotopic (exact) mass is 535 g/mol. The molecule has 1 aliphatic heterocycles. The maximum atomic E-state index is 14.6. The average molecular weight is 536 g/mol. The summed E-state index contributed by atoms with van der Waals surface area (Å²) in [6.45, 7) is 0. The Bertz CT molecular complexity index is 1580. The van der Waals surface area contributed by atoms with E-state index in [2.05, 4.69) is 15.3 Å². The van der Waals surface area contributed by atoms with Crippen LogP contribution in [0.1, 0.15) is 23.6 Å². The number of halogens is 5. The molecule has 1 aliphatic rings. The number of nitro benzene ring substituents is 1. The second-order valence-corrected chi connectivity index (χ2v) is 8.68. The van der Waals surface area contributed by atoms with Gasteiger partial charge in [0.05, 0.1) is 9.95 Å². The van der Waals surface area contributed by atoms with Gasteiger partial charge in [-0.3, -0.25) is 10.1 Å². The number of thioether (sulfide) groups is 1. The molecule has 36 heavy (non-hydrogen) atoms. The lowest BCUT2D eigenvalue weighted by molar-refractivity contribution is -0.384. The number of furan rings is 1. The molecule has 0 unspecified atom stereocenters. The van der Waals surface area contributed by atoms with E-state index in [0.29, 0.717) is 11.6 Å². The third kappa shape index (κ3) is 4.38. The fourth-order valence-corrected chi connectivity index (χ4v) is 4.54. The Hall–Kier alpha value is -3.97. The van der Waals surface area contributed by atoms with Crippen LogP contribution < -0.4 is 0 Å². The molecule has 0 saturated heterocycles. The van der Waals surface area contributed by atoms with E-state index in [9.17, 15) is 27.7 Å². The van der Waals surface area contributed by atoms with Crippen LogP contribution in [0.25, 0.3) is 17.4 Å². The molecule has 2 aromatic carbocycles. The van der Waals surface area contributed by atoms with E-state index in [1.54, 1.807) is 12.1 Å². The Balaban J connectivity index is 1.58.